The Balaban J connectivity index is 1.63. The Kier molecular flexibility index (Phi) is 7.06. The SMILES string of the molecule is Cc1ccc(NC(=S)NC(=O)/C=C/c2ccc(-c3ccc(Cl)cc3Cl)o2)c([N+](=O)[O-])c1. The summed E-state index contributed by atoms with van der Waals surface area (Å²) in [5, 5.41) is 17.1. The van der Waals surface area contributed by atoms with Gasteiger partial charge in [0.05, 0.1) is 9.95 Å². The zero-order valence-electron chi connectivity index (χ0n) is 16.0. The molecule has 31 heavy (non-hydrogen) atoms. The quantitative estimate of drug-likeness (QED) is 0.203. The Morgan fingerprint density at radius 1 is 1.16 bits per heavy atom. The second-order valence-electron chi connectivity index (χ2n) is 6.38. The van der Waals surface area contributed by atoms with E-state index in [9.17, 15) is 14.9 Å². The number of nitro benzene ring substituents is 1. The van der Waals surface area contributed by atoms with Crippen molar-refractivity contribution in [2.45, 2.75) is 6.92 Å². The highest BCUT2D eigenvalue weighted by Crippen LogP contribution is 2.31. The molecule has 0 aliphatic rings. The van der Waals surface area contributed by atoms with Crippen molar-refractivity contribution in [3.8, 4) is 11.3 Å². The van der Waals surface area contributed by atoms with Gasteiger partial charge in [-0.05, 0) is 67.2 Å². The summed E-state index contributed by atoms with van der Waals surface area (Å²) in [6.45, 7) is 1.74. The van der Waals surface area contributed by atoms with Crippen molar-refractivity contribution in [2.75, 3.05) is 5.32 Å². The average molecular weight is 476 g/mol. The van der Waals surface area contributed by atoms with Gasteiger partial charge in [-0.1, -0.05) is 29.3 Å². The van der Waals surface area contributed by atoms with Crippen molar-refractivity contribution in [1.82, 2.24) is 5.32 Å². The van der Waals surface area contributed by atoms with Crippen molar-refractivity contribution in [1.29, 1.82) is 0 Å². The van der Waals surface area contributed by atoms with Gasteiger partial charge in [0.25, 0.3) is 5.69 Å². The van der Waals surface area contributed by atoms with Gasteiger partial charge in [-0.25, -0.2) is 0 Å². The number of aryl methyl sites for hydroxylation is 1. The Bertz CT molecular complexity index is 1210. The predicted molar refractivity (Wildman–Crippen MR) is 125 cm³/mol. The molecule has 158 valence electrons. The summed E-state index contributed by atoms with van der Waals surface area (Å²) in [5.74, 6) is 0.407. The first-order chi connectivity index (χ1) is 14.7. The van der Waals surface area contributed by atoms with E-state index in [1.165, 1.54) is 24.3 Å². The van der Waals surface area contributed by atoms with Crippen LogP contribution in [0.3, 0.4) is 0 Å². The Labute approximate surface area is 192 Å². The normalized spacial score (nSPS) is 10.8. The molecule has 10 heteroatoms. The van der Waals surface area contributed by atoms with E-state index in [1.807, 2.05) is 0 Å². The molecule has 3 aromatic rings. The summed E-state index contributed by atoms with van der Waals surface area (Å²) >= 11 is 17.1. The van der Waals surface area contributed by atoms with E-state index in [0.29, 0.717) is 27.1 Å². The highest BCUT2D eigenvalue weighted by molar-refractivity contribution is 7.80. The van der Waals surface area contributed by atoms with E-state index in [-0.39, 0.29) is 16.5 Å². The Morgan fingerprint density at radius 3 is 2.65 bits per heavy atom. The van der Waals surface area contributed by atoms with Gasteiger partial charge in [0.15, 0.2) is 5.11 Å². The lowest BCUT2D eigenvalue weighted by Gasteiger charge is -2.09. The van der Waals surface area contributed by atoms with Crippen molar-refractivity contribution in [2.24, 2.45) is 0 Å². The smallest absolute Gasteiger partial charge is 0.292 e. The molecular weight excluding hydrogens is 461 g/mol. The first-order valence-corrected chi connectivity index (χ1v) is 9.99. The largest absolute Gasteiger partial charge is 0.457 e. The van der Waals surface area contributed by atoms with Crippen LogP contribution in [-0.2, 0) is 4.79 Å². The van der Waals surface area contributed by atoms with Gasteiger partial charge in [-0.15, -0.1) is 0 Å². The molecule has 0 saturated carbocycles. The van der Waals surface area contributed by atoms with E-state index in [1.54, 1.807) is 43.3 Å². The third kappa shape index (κ3) is 5.91. The molecule has 1 heterocycles. The molecule has 1 amide bonds. The van der Waals surface area contributed by atoms with E-state index in [0.717, 1.165) is 5.56 Å². The zero-order valence-corrected chi connectivity index (χ0v) is 18.3. The maximum absolute atomic E-state index is 12.1. The van der Waals surface area contributed by atoms with Crippen LogP contribution in [-0.4, -0.2) is 15.9 Å². The monoisotopic (exact) mass is 475 g/mol. The van der Waals surface area contributed by atoms with E-state index in [4.69, 9.17) is 39.8 Å². The number of nitrogens with zero attached hydrogens (tertiary/aromatic N) is 1. The zero-order chi connectivity index (χ0) is 22.5. The summed E-state index contributed by atoms with van der Waals surface area (Å²) in [4.78, 5) is 22.8. The molecule has 2 aromatic carbocycles. The third-order valence-corrected chi connectivity index (χ3v) is 4.81. The number of anilines is 1. The lowest BCUT2D eigenvalue weighted by atomic mass is 10.2. The molecule has 0 aliphatic carbocycles. The van der Waals surface area contributed by atoms with Crippen molar-refractivity contribution >= 4 is 63.9 Å². The predicted octanol–water partition coefficient (Wildman–Crippen LogP) is 6.00. The Morgan fingerprint density at radius 2 is 1.94 bits per heavy atom. The van der Waals surface area contributed by atoms with Gasteiger partial charge < -0.3 is 9.73 Å². The number of nitrogens with one attached hydrogen (secondary N) is 2. The molecule has 0 aliphatic heterocycles. The number of nitro groups is 1. The number of carbonyl (C=O) groups excluding carboxylic acids is 1. The molecule has 0 saturated heterocycles. The minimum absolute atomic E-state index is 0.0744. The second kappa shape index (κ2) is 9.74. The standard InChI is InChI=1S/C21H15Cl2N3O4S/c1-12-2-7-17(18(10-12)26(28)29)24-21(31)25-20(27)9-5-14-4-8-19(30-14)15-6-3-13(22)11-16(15)23/h2-11H,1H3,(H2,24,25,27,31)/b9-5+. The lowest BCUT2D eigenvalue weighted by Crippen LogP contribution is -2.33. The van der Waals surface area contributed by atoms with E-state index < -0.39 is 10.8 Å². The summed E-state index contributed by atoms with van der Waals surface area (Å²) in [5.41, 5.74) is 1.43. The van der Waals surface area contributed by atoms with Crippen LogP contribution in [0.1, 0.15) is 11.3 Å². The maximum atomic E-state index is 12.1. The molecule has 1 aromatic heterocycles. The summed E-state index contributed by atoms with van der Waals surface area (Å²) in [7, 11) is 0. The fraction of sp³-hybridized carbons (Fsp3) is 0.0476. The summed E-state index contributed by atoms with van der Waals surface area (Å²) in [6.07, 6.45) is 2.68. The van der Waals surface area contributed by atoms with Crippen LogP contribution in [0.5, 0.6) is 0 Å². The minimum atomic E-state index is -0.533. The Hall–Kier alpha value is -3.20. The van der Waals surface area contributed by atoms with Gasteiger partial charge in [-0.2, -0.15) is 0 Å². The van der Waals surface area contributed by atoms with E-state index >= 15 is 0 Å². The number of hydrogen-bond donors (Lipinski definition) is 2. The van der Waals surface area contributed by atoms with Crippen molar-refractivity contribution < 1.29 is 14.1 Å². The minimum Gasteiger partial charge on any atom is -0.457 e. The summed E-state index contributed by atoms with van der Waals surface area (Å²) in [6, 6.07) is 13.1. The van der Waals surface area contributed by atoms with Gasteiger partial charge in [0.2, 0.25) is 5.91 Å². The molecule has 0 bridgehead atoms. The van der Waals surface area contributed by atoms with Crippen LogP contribution in [0.25, 0.3) is 17.4 Å². The number of hydrogen-bond acceptors (Lipinski definition) is 5. The molecule has 0 atom stereocenters. The molecule has 0 spiro atoms. The molecule has 7 nitrogen and oxygen atoms in total. The van der Waals surface area contributed by atoms with Gasteiger partial charge >= 0.3 is 0 Å². The van der Waals surface area contributed by atoms with Crippen LogP contribution in [0, 0.1) is 17.0 Å². The van der Waals surface area contributed by atoms with Crippen LogP contribution in [0.2, 0.25) is 10.0 Å². The summed E-state index contributed by atoms with van der Waals surface area (Å²) < 4.78 is 5.68. The van der Waals surface area contributed by atoms with Crippen LogP contribution in [0.4, 0.5) is 11.4 Å². The van der Waals surface area contributed by atoms with Gasteiger partial charge in [-0.3, -0.25) is 20.2 Å². The molecule has 2 N–H and O–H groups in total. The first kappa shape index (κ1) is 22.5. The highest BCUT2D eigenvalue weighted by Gasteiger charge is 2.15. The highest BCUT2D eigenvalue weighted by atomic mass is 35.5. The van der Waals surface area contributed by atoms with Crippen molar-refractivity contribution in [3.63, 3.8) is 0 Å². The van der Waals surface area contributed by atoms with Crippen LogP contribution in [0.15, 0.2) is 59.0 Å². The number of benzene rings is 2. The maximum Gasteiger partial charge on any atom is 0.292 e. The van der Waals surface area contributed by atoms with Gasteiger partial charge in [0.1, 0.15) is 17.2 Å². The number of thiocarbonyl (C=S) groups is 1. The lowest BCUT2D eigenvalue weighted by molar-refractivity contribution is -0.383. The average Bonchev–Trinajstić information content (AvgIpc) is 3.16. The molecular formula is C21H15Cl2N3O4S. The first-order valence-electron chi connectivity index (χ1n) is 8.83. The third-order valence-electron chi connectivity index (χ3n) is 4.06. The number of rotatable bonds is 5. The van der Waals surface area contributed by atoms with Crippen LogP contribution < -0.4 is 10.6 Å². The fourth-order valence-corrected chi connectivity index (χ4v) is 3.35. The van der Waals surface area contributed by atoms with Gasteiger partial charge in [0, 0.05) is 22.7 Å². The second-order valence-corrected chi connectivity index (χ2v) is 7.63. The molecule has 0 unspecified atom stereocenters. The number of furan rings is 1. The van der Waals surface area contributed by atoms with Crippen molar-refractivity contribution in [3.05, 3.63) is 86.1 Å². The number of amides is 1. The number of carbonyl (C=O) groups is 1. The molecule has 3 rings (SSSR count). The van der Waals surface area contributed by atoms with Crippen LogP contribution >= 0.6 is 35.4 Å². The number of halogens is 2. The fourth-order valence-electron chi connectivity index (χ4n) is 2.64. The molecule has 0 fully saturated rings. The molecule has 0 radical (unpaired) electrons. The van der Waals surface area contributed by atoms with E-state index in [2.05, 4.69) is 10.6 Å². The topological polar surface area (TPSA) is 97.4 Å².